The van der Waals surface area contributed by atoms with Crippen LogP contribution in [0.2, 0.25) is 0 Å². The molecule has 1 aliphatic rings. The van der Waals surface area contributed by atoms with E-state index in [9.17, 15) is 9.59 Å². The normalized spacial score (nSPS) is 19.0. The molecule has 0 aliphatic carbocycles. The van der Waals surface area contributed by atoms with Gasteiger partial charge in [-0.15, -0.1) is 10.1 Å². The molecule has 0 aromatic heterocycles. The quantitative estimate of drug-likeness (QED) is 0.613. The van der Waals surface area contributed by atoms with Gasteiger partial charge in [0.1, 0.15) is 5.75 Å². The molecule has 1 fully saturated rings. The van der Waals surface area contributed by atoms with Gasteiger partial charge in [0.25, 0.3) is 5.91 Å². The van der Waals surface area contributed by atoms with Crippen LogP contribution in [0.1, 0.15) is 38.7 Å². The number of benzene rings is 3. The molecular weight excluding hydrogens is 402 g/mol. The van der Waals surface area contributed by atoms with Crippen LogP contribution in [0.4, 0.5) is 0 Å². The third-order valence-electron chi connectivity index (χ3n) is 5.66. The predicted molar refractivity (Wildman–Crippen MR) is 123 cm³/mol. The van der Waals surface area contributed by atoms with E-state index < -0.39 is 12.1 Å². The first-order chi connectivity index (χ1) is 15.5. The van der Waals surface area contributed by atoms with Crippen LogP contribution in [0.15, 0.2) is 72.8 Å². The lowest BCUT2D eigenvalue weighted by molar-refractivity contribution is -0.596. The lowest BCUT2D eigenvalue weighted by atomic mass is 9.98. The molecule has 2 N–H and O–H groups in total. The van der Waals surface area contributed by atoms with Crippen LogP contribution in [0, 0.1) is 13.8 Å². The van der Waals surface area contributed by atoms with Crippen LogP contribution in [-0.2, 0) is 4.79 Å². The van der Waals surface area contributed by atoms with Gasteiger partial charge in [-0.1, -0.05) is 48.0 Å². The van der Waals surface area contributed by atoms with E-state index in [2.05, 4.69) is 10.7 Å². The van der Waals surface area contributed by atoms with Crippen molar-refractivity contribution >= 4 is 18.0 Å². The molecule has 162 valence electrons. The summed E-state index contributed by atoms with van der Waals surface area (Å²) in [5.74, 6) is 0.0848. The van der Waals surface area contributed by atoms with E-state index in [4.69, 9.17) is 4.74 Å². The maximum atomic E-state index is 13.0. The number of carbonyl (C=O) groups is 2. The Bertz CT molecular complexity index is 1170. The van der Waals surface area contributed by atoms with Gasteiger partial charge in [0, 0.05) is 16.7 Å². The standard InChI is InChI=1S/C26H25N3O3/c1-17-8-10-19(11-9-17)24-23(27-25(30)20-12-14-22(32-3)15-13-20)26(31)28-29(24)16-21-7-5-4-6-18(21)2/h4-16,23-24H,1-3H3,(H-,27,28,30,31)/p+1/b29-16-/t23-,24-/m1/s1. The Balaban J connectivity index is 1.69. The Morgan fingerprint density at radius 2 is 1.69 bits per heavy atom. The molecular formula is C26H26N3O3+. The highest BCUT2D eigenvalue weighted by atomic mass is 16.5. The number of hydrazine groups is 1. The molecule has 0 radical (unpaired) electrons. The Kier molecular flexibility index (Phi) is 6.03. The van der Waals surface area contributed by atoms with E-state index in [0.29, 0.717) is 11.3 Å². The molecule has 6 nitrogen and oxygen atoms in total. The first-order valence-electron chi connectivity index (χ1n) is 10.5. The lowest BCUT2D eigenvalue weighted by Gasteiger charge is -2.15. The SMILES string of the molecule is COc1ccc(C(=O)N[C@H]2C(=O)N/[N+](=C\c3ccccc3C)[C@@H]2c2ccc(C)cc2)cc1. The largest absolute Gasteiger partial charge is 0.497 e. The van der Waals surface area contributed by atoms with Crippen molar-refractivity contribution in [2.24, 2.45) is 0 Å². The van der Waals surface area contributed by atoms with Gasteiger partial charge in [0.2, 0.25) is 12.3 Å². The number of hydrogen-bond donors (Lipinski definition) is 2. The molecule has 4 rings (SSSR count). The smallest absolute Gasteiger partial charge is 0.304 e. The van der Waals surface area contributed by atoms with Crippen molar-refractivity contribution in [3.63, 3.8) is 0 Å². The number of aryl methyl sites for hydroxylation is 2. The fraction of sp³-hybridized carbons (Fsp3) is 0.192. The van der Waals surface area contributed by atoms with Gasteiger partial charge >= 0.3 is 5.91 Å². The fourth-order valence-electron chi connectivity index (χ4n) is 3.79. The molecule has 0 bridgehead atoms. The highest BCUT2D eigenvalue weighted by Crippen LogP contribution is 2.26. The number of ether oxygens (including phenoxy) is 1. The Hall–Kier alpha value is -3.93. The fourth-order valence-corrected chi connectivity index (χ4v) is 3.79. The van der Waals surface area contributed by atoms with Crippen LogP contribution in [0.3, 0.4) is 0 Å². The monoisotopic (exact) mass is 428 g/mol. The molecule has 32 heavy (non-hydrogen) atoms. The summed E-state index contributed by atoms with van der Waals surface area (Å²) in [4.78, 5) is 25.9. The second kappa shape index (κ2) is 9.06. The van der Waals surface area contributed by atoms with E-state index in [1.165, 1.54) is 0 Å². The second-order valence-corrected chi connectivity index (χ2v) is 7.90. The third-order valence-corrected chi connectivity index (χ3v) is 5.66. The van der Waals surface area contributed by atoms with Crippen molar-refractivity contribution < 1.29 is 19.0 Å². The Labute approximate surface area is 187 Å². The van der Waals surface area contributed by atoms with Gasteiger partial charge in [-0.2, -0.15) is 0 Å². The van der Waals surface area contributed by atoms with Crippen LogP contribution < -0.4 is 15.5 Å². The Morgan fingerprint density at radius 1 is 1.00 bits per heavy atom. The lowest BCUT2D eigenvalue weighted by Crippen LogP contribution is -2.42. The van der Waals surface area contributed by atoms with Gasteiger partial charge in [0.05, 0.1) is 7.11 Å². The zero-order chi connectivity index (χ0) is 22.7. The maximum absolute atomic E-state index is 13.0. The number of nitrogens with zero attached hydrogens (tertiary/aromatic N) is 1. The summed E-state index contributed by atoms with van der Waals surface area (Å²) in [6.07, 6.45) is 1.91. The highest BCUT2D eigenvalue weighted by molar-refractivity contribution is 5.98. The van der Waals surface area contributed by atoms with Crippen molar-refractivity contribution in [1.82, 2.24) is 10.7 Å². The molecule has 1 saturated heterocycles. The van der Waals surface area contributed by atoms with E-state index in [-0.39, 0.29) is 11.8 Å². The average Bonchev–Trinajstić information content (AvgIpc) is 3.10. The van der Waals surface area contributed by atoms with E-state index in [1.54, 1.807) is 36.1 Å². The van der Waals surface area contributed by atoms with Gasteiger partial charge in [-0.05, 0) is 49.7 Å². The van der Waals surface area contributed by atoms with Gasteiger partial charge in [0.15, 0.2) is 6.04 Å². The minimum absolute atomic E-state index is 0.262. The molecule has 0 spiro atoms. The maximum Gasteiger partial charge on any atom is 0.304 e. The summed E-state index contributed by atoms with van der Waals surface area (Å²) >= 11 is 0. The first kappa shape index (κ1) is 21.3. The van der Waals surface area contributed by atoms with Crippen molar-refractivity contribution in [3.05, 3.63) is 101 Å². The number of hydrazone groups is 1. The Morgan fingerprint density at radius 3 is 2.34 bits per heavy atom. The molecule has 1 heterocycles. The predicted octanol–water partition coefficient (Wildman–Crippen LogP) is 3.33. The zero-order valence-corrected chi connectivity index (χ0v) is 18.3. The number of methoxy groups -OCH3 is 1. The minimum Gasteiger partial charge on any atom is -0.497 e. The molecule has 0 saturated carbocycles. The van der Waals surface area contributed by atoms with Gasteiger partial charge < -0.3 is 10.1 Å². The van der Waals surface area contributed by atoms with Gasteiger partial charge in [-0.3, -0.25) is 9.59 Å². The molecule has 3 aromatic carbocycles. The van der Waals surface area contributed by atoms with Crippen LogP contribution in [0.25, 0.3) is 0 Å². The second-order valence-electron chi connectivity index (χ2n) is 7.90. The van der Waals surface area contributed by atoms with Crippen molar-refractivity contribution in [1.29, 1.82) is 0 Å². The molecule has 1 aliphatic heterocycles. The molecule has 3 aromatic rings. The number of rotatable bonds is 5. The summed E-state index contributed by atoms with van der Waals surface area (Å²) in [6, 6.07) is 21.6. The van der Waals surface area contributed by atoms with Crippen LogP contribution in [0.5, 0.6) is 5.75 Å². The number of carbonyl (C=O) groups excluding carboxylic acids is 2. The highest BCUT2D eigenvalue weighted by Gasteiger charge is 2.47. The van der Waals surface area contributed by atoms with E-state index in [0.717, 1.165) is 22.3 Å². The summed E-state index contributed by atoms with van der Waals surface area (Å²) < 4.78 is 6.94. The summed E-state index contributed by atoms with van der Waals surface area (Å²) in [5, 5.41) is 2.92. The molecule has 0 unspecified atom stereocenters. The molecule has 6 heteroatoms. The summed E-state index contributed by atoms with van der Waals surface area (Å²) in [7, 11) is 1.57. The third kappa shape index (κ3) is 4.39. The topological polar surface area (TPSA) is 70.4 Å². The zero-order valence-electron chi connectivity index (χ0n) is 18.3. The molecule has 2 atom stereocenters. The summed E-state index contributed by atoms with van der Waals surface area (Å²) in [6.45, 7) is 4.04. The van der Waals surface area contributed by atoms with Crippen molar-refractivity contribution in [2.75, 3.05) is 7.11 Å². The van der Waals surface area contributed by atoms with Crippen molar-refractivity contribution in [3.8, 4) is 5.75 Å². The average molecular weight is 429 g/mol. The first-order valence-corrected chi connectivity index (χ1v) is 10.5. The summed E-state index contributed by atoms with van der Waals surface area (Å²) in [5.41, 5.74) is 7.52. The number of nitrogens with one attached hydrogen (secondary N) is 2. The molecule has 2 amide bonds. The van der Waals surface area contributed by atoms with E-state index >= 15 is 0 Å². The number of amides is 2. The van der Waals surface area contributed by atoms with Crippen LogP contribution >= 0.6 is 0 Å². The van der Waals surface area contributed by atoms with Crippen molar-refractivity contribution in [2.45, 2.75) is 25.9 Å². The minimum atomic E-state index is -0.757. The van der Waals surface area contributed by atoms with Gasteiger partial charge in [-0.25, -0.2) is 0 Å². The van der Waals surface area contributed by atoms with Crippen LogP contribution in [-0.4, -0.2) is 35.9 Å². The van der Waals surface area contributed by atoms with E-state index in [1.807, 2.05) is 68.6 Å². The number of hydrogen-bond acceptors (Lipinski definition) is 3.